The first-order valence-corrected chi connectivity index (χ1v) is 8.68. The Morgan fingerprint density at radius 3 is 2.64 bits per heavy atom. The Kier molecular flexibility index (Phi) is 4.41. The molecule has 7 nitrogen and oxygen atoms in total. The van der Waals surface area contributed by atoms with Crippen LogP contribution in [0.15, 0.2) is 65.4 Å². The smallest absolute Gasteiger partial charge is 0.273 e. The first kappa shape index (κ1) is 17.5. The number of fused-ring (bicyclic) bond motifs is 1. The van der Waals surface area contributed by atoms with Gasteiger partial charge in [-0.25, -0.2) is 5.43 Å². The number of amides is 2. The minimum absolute atomic E-state index is 0.299. The second-order valence-corrected chi connectivity index (χ2v) is 6.39. The fraction of sp³-hybridized carbons (Fsp3) is 0.0952. The molecule has 4 N–H and O–H groups in total. The quantitative estimate of drug-likeness (QED) is 0.596. The number of hydrogen-bond acceptors (Lipinski definition) is 4. The van der Waals surface area contributed by atoms with E-state index in [4.69, 9.17) is 10.5 Å². The number of nitrogens with two attached hydrogens (primary N) is 1. The first-order valence-electron chi connectivity index (χ1n) is 8.68. The predicted octanol–water partition coefficient (Wildman–Crippen LogP) is 2.31. The average Bonchev–Trinajstić information content (AvgIpc) is 3.27. The summed E-state index contributed by atoms with van der Waals surface area (Å²) in [5.74, 6) is -1.17. The Morgan fingerprint density at radius 2 is 1.93 bits per heavy atom. The van der Waals surface area contributed by atoms with Crippen molar-refractivity contribution in [1.29, 1.82) is 0 Å². The van der Waals surface area contributed by atoms with Gasteiger partial charge in [-0.1, -0.05) is 30.3 Å². The fourth-order valence-corrected chi connectivity index (χ4v) is 3.33. The standard InChI is InChI=1S/C21H18N4O3/c1-28-14-8-6-12(7-9-14)18(20(22)26)19-16(21(27)25-24-19)10-13-11-23-17-5-3-2-4-15(13)17/h2-11,18,23H,1H3,(H2,22,26)(H,25,27)/b16-10-. The van der Waals surface area contributed by atoms with Crippen molar-refractivity contribution in [2.45, 2.75) is 5.92 Å². The number of nitrogens with zero attached hydrogens (tertiary/aromatic N) is 1. The number of aromatic amines is 1. The van der Waals surface area contributed by atoms with Crippen LogP contribution < -0.4 is 15.9 Å². The van der Waals surface area contributed by atoms with Crippen molar-refractivity contribution >= 4 is 34.5 Å². The van der Waals surface area contributed by atoms with Crippen LogP contribution in [0, 0.1) is 0 Å². The van der Waals surface area contributed by atoms with E-state index < -0.39 is 11.8 Å². The molecule has 0 radical (unpaired) electrons. The van der Waals surface area contributed by atoms with Crippen molar-refractivity contribution in [1.82, 2.24) is 10.4 Å². The maximum Gasteiger partial charge on any atom is 0.273 e. The number of nitrogens with one attached hydrogen (secondary N) is 2. The van der Waals surface area contributed by atoms with E-state index in [1.54, 1.807) is 37.5 Å². The van der Waals surface area contributed by atoms with Gasteiger partial charge in [-0.2, -0.15) is 5.10 Å². The Morgan fingerprint density at radius 1 is 1.18 bits per heavy atom. The summed E-state index contributed by atoms with van der Waals surface area (Å²) in [6.45, 7) is 0. The number of carbonyl (C=O) groups excluding carboxylic acids is 2. The molecular formula is C21H18N4O3. The summed E-state index contributed by atoms with van der Waals surface area (Å²) in [6, 6.07) is 14.7. The SMILES string of the molecule is COc1ccc(C(C(N)=O)C2=NNC(=O)/C2=C\c2c[nH]c3ccccc23)cc1. The number of hydrogen-bond donors (Lipinski definition) is 3. The Balaban J connectivity index is 1.77. The van der Waals surface area contributed by atoms with Crippen LogP contribution >= 0.6 is 0 Å². The van der Waals surface area contributed by atoms with Crippen molar-refractivity contribution < 1.29 is 14.3 Å². The number of H-pyrrole nitrogens is 1. The summed E-state index contributed by atoms with van der Waals surface area (Å²) in [4.78, 5) is 27.8. The fourth-order valence-electron chi connectivity index (χ4n) is 3.33. The van der Waals surface area contributed by atoms with E-state index in [1.807, 2.05) is 30.5 Å². The lowest BCUT2D eigenvalue weighted by atomic mass is 9.88. The molecule has 0 aliphatic carbocycles. The Bertz CT molecular complexity index is 1130. The number of methoxy groups -OCH3 is 1. The summed E-state index contributed by atoms with van der Waals surface area (Å²) < 4.78 is 5.16. The van der Waals surface area contributed by atoms with Crippen LogP contribution in [0.5, 0.6) is 5.75 Å². The molecule has 140 valence electrons. The normalized spacial score (nSPS) is 16.1. The lowest BCUT2D eigenvalue weighted by molar-refractivity contribution is -0.118. The van der Waals surface area contributed by atoms with E-state index in [2.05, 4.69) is 15.5 Å². The maximum atomic E-state index is 12.4. The molecule has 7 heteroatoms. The summed E-state index contributed by atoms with van der Waals surface area (Å²) >= 11 is 0. The molecule has 1 aliphatic rings. The summed E-state index contributed by atoms with van der Waals surface area (Å²) in [6.07, 6.45) is 3.53. The third-order valence-electron chi connectivity index (χ3n) is 4.73. The molecule has 0 fully saturated rings. The molecule has 0 saturated heterocycles. The van der Waals surface area contributed by atoms with Crippen molar-refractivity contribution in [2.75, 3.05) is 7.11 Å². The summed E-state index contributed by atoms with van der Waals surface area (Å²) in [5, 5.41) is 5.07. The maximum absolute atomic E-state index is 12.4. The molecule has 1 aromatic heterocycles. The molecule has 0 spiro atoms. The van der Waals surface area contributed by atoms with E-state index in [0.717, 1.165) is 16.5 Å². The number of primary amides is 1. The molecule has 0 bridgehead atoms. The number of carbonyl (C=O) groups is 2. The van der Waals surface area contributed by atoms with Gasteiger partial charge in [0.2, 0.25) is 5.91 Å². The van der Waals surface area contributed by atoms with E-state index in [0.29, 0.717) is 22.6 Å². The van der Waals surface area contributed by atoms with Gasteiger partial charge < -0.3 is 15.5 Å². The second kappa shape index (κ2) is 7.03. The zero-order valence-corrected chi connectivity index (χ0v) is 15.1. The second-order valence-electron chi connectivity index (χ2n) is 6.39. The van der Waals surface area contributed by atoms with Crippen LogP contribution in [0.4, 0.5) is 0 Å². The molecule has 28 heavy (non-hydrogen) atoms. The zero-order valence-electron chi connectivity index (χ0n) is 15.1. The van der Waals surface area contributed by atoms with E-state index in [1.165, 1.54) is 0 Å². The van der Waals surface area contributed by atoms with Gasteiger partial charge in [-0.3, -0.25) is 9.59 Å². The van der Waals surface area contributed by atoms with Crippen LogP contribution in [0.1, 0.15) is 17.0 Å². The lowest BCUT2D eigenvalue weighted by Crippen LogP contribution is -2.29. The van der Waals surface area contributed by atoms with Gasteiger partial charge in [0.05, 0.1) is 18.4 Å². The van der Waals surface area contributed by atoms with Crippen molar-refractivity contribution in [3.05, 3.63) is 71.4 Å². The molecule has 1 atom stereocenters. The van der Waals surface area contributed by atoms with Gasteiger partial charge in [-0.15, -0.1) is 0 Å². The van der Waals surface area contributed by atoms with Gasteiger partial charge in [0.15, 0.2) is 0 Å². The number of aromatic nitrogens is 1. The molecule has 2 heterocycles. The number of rotatable bonds is 5. The first-order chi connectivity index (χ1) is 13.6. The molecule has 4 rings (SSSR count). The molecular weight excluding hydrogens is 356 g/mol. The monoisotopic (exact) mass is 374 g/mol. The molecule has 2 amide bonds. The molecule has 0 saturated carbocycles. The number of hydrazone groups is 1. The minimum atomic E-state index is -0.860. The van der Waals surface area contributed by atoms with Gasteiger partial charge >= 0.3 is 0 Å². The van der Waals surface area contributed by atoms with Crippen LogP contribution in [0.25, 0.3) is 17.0 Å². The van der Waals surface area contributed by atoms with E-state index in [9.17, 15) is 9.59 Å². The van der Waals surface area contributed by atoms with Crippen LogP contribution in [-0.2, 0) is 9.59 Å². The Hall–Kier alpha value is -3.87. The highest BCUT2D eigenvalue weighted by molar-refractivity contribution is 6.33. The molecule has 1 aliphatic heterocycles. The van der Waals surface area contributed by atoms with Crippen molar-refractivity contribution in [2.24, 2.45) is 10.8 Å². The largest absolute Gasteiger partial charge is 0.497 e. The van der Waals surface area contributed by atoms with Crippen LogP contribution in [-0.4, -0.2) is 29.6 Å². The minimum Gasteiger partial charge on any atom is -0.497 e. The van der Waals surface area contributed by atoms with Crippen molar-refractivity contribution in [3.8, 4) is 5.75 Å². The lowest BCUT2D eigenvalue weighted by Gasteiger charge is -2.14. The third-order valence-corrected chi connectivity index (χ3v) is 4.73. The van der Waals surface area contributed by atoms with Gasteiger partial charge in [0, 0.05) is 22.7 Å². The van der Waals surface area contributed by atoms with E-state index >= 15 is 0 Å². The van der Waals surface area contributed by atoms with Crippen molar-refractivity contribution in [3.63, 3.8) is 0 Å². The topological polar surface area (TPSA) is 110 Å². The van der Waals surface area contributed by atoms with Gasteiger partial charge in [0.25, 0.3) is 5.91 Å². The summed E-state index contributed by atoms with van der Waals surface area (Å²) in [7, 11) is 1.56. The van der Waals surface area contributed by atoms with E-state index in [-0.39, 0.29) is 5.91 Å². The highest BCUT2D eigenvalue weighted by Crippen LogP contribution is 2.28. The summed E-state index contributed by atoms with van der Waals surface area (Å²) in [5.41, 5.74) is 11.1. The number of para-hydroxylation sites is 1. The molecule has 2 aromatic carbocycles. The van der Waals surface area contributed by atoms with Crippen LogP contribution in [0.2, 0.25) is 0 Å². The zero-order chi connectivity index (χ0) is 19.7. The average molecular weight is 374 g/mol. The Labute approximate surface area is 160 Å². The predicted molar refractivity (Wildman–Crippen MR) is 107 cm³/mol. The highest BCUT2D eigenvalue weighted by atomic mass is 16.5. The molecule has 3 aromatic rings. The van der Waals surface area contributed by atoms with Crippen LogP contribution in [0.3, 0.4) is 0 Å². The third kappa shape index (κ3) is 3.03. The number of benzene rings is 2. The van der Waals surface area contributed by atoms with Gasteiger partial charge in [0.1, 0.15) is 11.7 Å². The van der Waals surface area contributed by atoms with Gasteiger partial charge in [-0.05, 0) is 29.8 Å². The highest BCUT2D eigenvalue weighted by Gasteiger charge is 2.34. The molecule has 1 unspecified atom stereocenters. The number of ether oxygens (including phenoxy) is 1.